The van der Waals surface area contributed by atoms with Gasteiger partial charge in [0.2, 0.25) is 0 Å². The van der Waals surface area contributed by atoms with Gasteiger partial charge in [-0.3, -0.25) is 0 Å². The van der Waals surface area contributed by atoms with E-state index in [1.54, 1.807) is 0 Å². The molecular weight excluding hydrogens is 210 g/mol. The van der Waals surface area contributed by atoms with E-state index < -0.39 is 0 Å². The Hall–Kier alpha value is -0.860. The van der Waals surface area contributed by atoms with Gasteiger partial charge in [0.25, 0.3) is 0 Å². The van der Waals surface area contributed by atoms with Crippen molar-refractivity contribution in [3.05, 3.63) is 35.4 Å². The minimum atomic E-state index is 0.0567. The summed E-state index contributed by atoms with van der Waals surface area (Å²) in [7, 11) is 0. The Morgan fingerprint density at radius 3 is 2.47 bits per heavy atom. The van der Waals surface area contributed by atoms with Crippen LogP contribution < -0.4 is 5.73 Å². The molecule has 0 amide bonds. The lowest BCUT2D eigenvalue weighted by molar-refractivity contribution is 0.0268. The first-order valence-electron chi connectivity index (χ1n) is 6.64. The standard InChI is InChI=1S/C15H23NO/c1-3-14(16)15(17-10-12-6-7-12)13-8-4-11(2)5-9-13/h4-5,8-9,12,14-15H,3,6-7,10,16H2,1-2H3. The summed E-state index contributed by atoms with van der Waals surface area (Å²) in [5.41, 5.74) is 8.66. The predicted octanol–water partition coefficient (Wildman–Crippen LogP) is 3.20. The fraction of sp³-hybridized carbons (Fsp3) is 0.600. The van der Waals surface area contributed by atoms with Crippen molar-refractivity contribution in [2.75, 3.05) is 6.61 Å². The molecule has 2 atom stereocenters. The van der Waals surface area contributed by atoms with Gasteiger partial charge in [-0.1, -0.05) is 36.8 Å². The highest BCUT2D eigenvalue weighted by Gasteiger charge is 2.25. The first-order valence-corrected chi connectivity index (χ1v) is 6.64. The van der Waals surface area contributed by atoms with E-state index in [0.717, 1.165) is 18.9 Å². The van der Waals surface area contributed by atoms with Crippen molar-refractivity contribution >= 4 is 0 Å². The smallest absolute Gasteiger partial charge is 0.0975 e. The molecule has 1 aliphatic carbocycles. The molecule has 1 saturated carbocycles. The number of hydrogen-bond donors (Lipinski definition) is 1. The SMILES string of the molecule is CCC(N)C(OCC1CC1)c1ccc(C)cc1. The van der Waals surface area contributed by atoms with Gasteiger partial charge in [-0.25, -0.2) is 0 Å². The average molecular weight is 233 g/mol. The van der Waals surface area contributed by atoms with E-state index in [9.17, 15) is 0 Å². The maximum absolute atomic E-state index is 6.17. The van der Waals surface area contributed by atoms with Crippen LogP contribution >= 0.6 is 0 Å². The van der Waals surface area contributed by atoms with E-state index in [1.807, 2.05) is 0 Å². The van der Waals surface area contributed by atoms with Crippen LogP contribution in [0.5, 0.6) is 0 Å². The van der Waals surface area contributed by atoms with E-state index in [0.29, 0.717) is 0 Å². The molecular formula is C15H23NO. The van der Waals surface area contributed by atoms with Crippen molar-refractivity contribution in [3.8, 4) is 0 Å². The van der Waals surface area contributed by atoms with Crippen LogP contribution in [0.25, 0.3) is 0 Å². The highest BCUT2D eigenvalue weighted by atomic mass is 16.5. The molecule has 17 heavy (non-hydrogen) atoms. The summed E-state index contributed by atoms with van der Waals surface area (Å²) in [5.74, 6) is 0.784. The summed E-state index contributed by atoms with van der Waals surface area (Å²) >= 11 is 0. The highest BCUT2D eigenvalue weighted by Crippen LogP contribution is 2.32. The monoisotopic (exact) mass is 233 g/mol. The van der Waals surface area contributed by atoms with E-state index in [2.05, 4.69) is 38.1 Å². The topological polar surface area (TPSA) is 35.2 Å². The molecule has 2 N–H and O–H groups in total. The van der Waals surface area contributed by atoms with Crippen molar-refractivity contribution in [1.82, 2.24) is 0 Å². The van der Waals surface area contributed by atoms with E-state index in [4.69, 9.17) is 10.5 Å². The third-order valence-electron chi connectivity index (χ3n) is 3.47. The molecule has 0 spiro atoms. The lowest BCUT2D eigenvalue weighted by Gasteiger charge is -2.24. The van der Waals surface area contributed by atoms with Crippen molar-refractivity contribution in [3.63, 3.8) is 0 Å². The Morgan fingerprint density at radius 2 is 1.94 bits per heavy atom. The molecule has 0 aromatic heterocycles. The molecule has 1 aromatic rings. The molecule has 1 aliphatic rings. The van der Waals surface area contributed by atoms with Crippen LogP contribution in [0.15, 0.2) is 24.3 Å². The van der Waals surface area contributed by atoms with Crippen molar-refractivity contribution in [1.29, 1.82) is 0 Å². The van der Waals surface area contributed by atoms with Crippen LogP contribution in [0.4, 0.5) is 0 Å². The second-order valence-corrected chi connectivity index (χ2v) is 5.18. The zero-order valence-corrected chi connectivity index (χ0v) is 10.9. The van der Waals surface area contributed by atoms with Crippen LogP contribution in [0.1, 0.15) is 43.4 Å². The Balaban J connectivity index is 2.04. The maximum atomic E-state index is 6.17. The van der Waals surface area contributed by atoms with Crippen LogP contribution in [-0.4, -0.2) is 12.6 Å². The van der Waals surface area contributed by atoms with Crippen LogP contribution in [0.2, 0.25) is 0 Å². The Kier molecular flexibility index (Phi) is 4.19. The summed E-state index contributed by atoms with van der Waals surface area (Å²) in [6.07, 6.45) is 3.65. The summed E-state index contributed by atoms with van der Waals surface area (Å²) in [6, 6.07) is 8.64. The van der Waals surface area contributed by atoms with Crippen molar-refractivity contribution in [2.24, 2.45) is 11.7 Å². The fourth-order valence-electron chi connectivity index (χ4n) is 1.96. The number of aryl methyl sites for hydroxylation is 1. The molecule has 0 heterocycles. The fourth-order valence-corrected chi connectivity index (χ4v) is 1.96. The van der Waals surface area contributed by atoms with Gasteiger partial charge < -0.3 is 10.5 Å². The first kappa shape index (κ1) is 12.6. The van der Waals surface area contributed by atoms with Gasteiger partial charge in [-0.15, -0.1) is 0 Å². The van der Waals surface area contributed by atoms with Gasteiger partial charge >= 0.3 is 0 Å². The second-order valence-electron chi connectivity index (χ2n) is 5.18. The number of ether oxygens (including phenoxy) is 1. The highest BCUT2D eigenvalue weighted by molar-refractivity contribution is 5.24. The van der Waals surface area contributed by atoms with E-state index in [1.165, 1.54) is 24.0 Å². The molecule has 0 bridgehead atoms. The first-order chi connectivity index (χ1) is 8.20. The molecule has 0 aliphatic heterocycles. The lowest BCUT2D eigenvalue weighted by Crippen LogP contribution is -2.30. The number of benzene rings is 1. The van der Waals surface area contributed by atoms with Gasteiger partial charge in [0.05, 0.1) is 12.7 Å². The lowest BCUT2D eigenvalue weighted by atomic mass is 10.00. The van der Waals surface area contributed by atoms with E-state index >= 15 is 0 Å². The number of rotatable bonds is 6. The zero-order chi connectivity index (χ0) is 12.3. The normalized spacial score (nSPS) is 19.0. The predicted molar refractivity (Wildman–Crippen MR) is 70.9 cm³/mol. The largest absolute Gasteiger partial charge is 0.372 e. The van der Waals surface area contributed by atoms with Crippen molar-refractivity contribution in [2.45, 2.75) is 45.3 Å². The average Bonchev–Trinajstić information content (AvgIpc) is 3.15. The third-order valence-corrected chi connectivity index (χ3v) is 3.47. The summed E-state index contributed by atoms with van der Waals surface area (Å²) < 4.78 is 6.02. The van der Waals surface area contributed by atoms with E-state index in [-0.39, 0.29) is 12.1 Å². The van der Waals surface area contributed by atoms with Gasteiger partial charge in [-0.2, -0.15) is 0 Å². The molecule has 2 unspecified atom stereocenters. The molecule has 1 fully saturated rings. The van der Waals surface area contributed by atoms with Gasteiger partial charge in [-0.05, 0) is 37.7 Å². The van der Waals surface area contributed by atoms with Crippen LogP contribution in [0, 0.1) is 12.8 Å². The van der Waals surface area contributed by atoms with Crippen molar-refractivity contribution < 1.29 is 4.74 Å². The number of nitrogens with two attached hydrogens (primary N) is 1. The number of hydrogen-bond acceptors (Lipinski definition) is 2. The zero-order valence-electron chi connectivity index (χ0n) is 10.9. The molecule has 2 nitrogen and oxygen atoms in total. The van der Waals surface area contributed by atoms with Gasteiger partial charge in [0, 0.05) is 6.04 Å². The Morgan fingerprint density at radius 1 is 1.29 bits per heavy atom. The molecule has 2 heteroatoms. The van der Waals surface area contributed by atoms with Crippen LogP contribution in [0.3, 0.4) is 0 Å². The van der Waals surface area contributed by atoms with Crippen LogP contribution in [-0.2, 0) is 4.74 Å². The third kappa shape index (κ3) is 3.55. The summed E-state index contributed by atoms with van der Waals surface area (Å²) in [4.78, 5) is 0. The Labute approximate surface area is 104 Å². The maximum Gasteiger partial charge on any atom is 0.0975 e. The van der Waals surface area contributed by atoms with Gasteiger partial charge in [0.15, 0.2) is 0 Å². The molecule has 94 valence electrons. The summed E-state index contributed by atoms with van der Waals surface area (Å²) in [5, 5.41) is 0. The Bertz CT molecular complexity index is 342. The molecule has 0 saturated heterocycles. The molecule has 2 rings (SSSR count). The minimum Gasteiger partial charge on any atom is -0.372 e. The summed E-state index contributed by atoms with van der Waals surface area (Å²) in [6.45, 7) is 5.09. The molecule has 1 aromatic carbocycles. The quantitative estimate of drug-likeness (QED) is 0.819. The second kappa shape index (κ2) is 5.65. The molecule has 0 radical (unpaired) electrons. The van der Waals surface area contributed by atoms with Gasteiger partial charge in [0.1, 0.15) is 0 Å². The minimum absolute atomic E-state index is 0.0567.